The van der Waals surface area contributed by atoms with Gasteiger partial charge in [0.15, 0.2) is 0 Å². The molecule has 1 heterocycles. The van der Waals surface area contributed by atoms with Crippen molar-refractivity contribution in [3.8, 4) is 5.75 Å². The number of likely N-dealkylation sites (tertiary alicyclic amines) is 1. The predicted octanol–water partition coefficient (Wildman–Crippen LogP) is 4.24. The molecular formula is C24H27FN2O3. The van der Waals surface area contributed by atoms with Crippen LogP contribution in [0.5, 0.6) is 5.75 Å². The molecule has 4 rings (SSSR count). The molecule has 2 aromatic rings. The number of carbonyl (C=O) groups excluding carboxylic acids is 2. The quantitative estimate of drug-likeness (QED) is 0.778. The number of hydrogen-bond acceptors (Lipinski definition) is 3. The van der Waals surface area contributed by atoms with Crippen molar-refractivity contribution >= 4 is 17.5 Å². The molecule has 2 atom stereocenters. The molecule has 0 radical (unpaired) electrons. The zero-order chi connectivity index (χ0) is 21.8. The highest BCUT2D eigenvalue weighted by Crippen LogP contribution is 2.57. The number of rotatable bonds is 2. The van der Waals surface area contributed by atoms with Gasteiger partial charge in [-0.05, 0) is 53.6 Å². The number of piperidine rings is 1. The highest BCUT2D eigenvalue weighted by molar-refractivity contribution is 5.96. The van der Waals surface area contributed by atoms with E-state index in [2.05, 4.69) is 32.2 Å². The molecule has 2 aliphatic rings. The van der Waals surface area contributed by atoms with E-state index in [4.69, 9.17) is 0 Å². The number of anilines is 1. The van der Waals surface area contributed by atoms with Crippen molar-refractivity contribution in [2.24, 2.45) is 5.41 Å². The monoisotopic (exact) mass is 410 g/mol. The Bertz CT molecular complexity index is 1050. The number of phenolic OH excluding ortho intramolecular Hbond substituents is 1. The average molecular weight is 410 g/mol. The lowest BCUT2D eigenvalue weighted by Gasteiger charge is -2.60. The van der Waals surface area contributed by atoms with Gasteiger partial charge in [0.2, 0.25) is 5.91 Å². The lowest BCUT2D eigenvalue weighted by molar-refractivity contribution is -0.114. The van der Waals surface area contributed by atoms with Gasteiger partial charge >= 0.3 is 0 Å². The fraction of sp³-hybridized carbons (Fsp3) is 0.417. The van der Waals surface area contributed by atoms with Crippen LogP contribution in [-0.2, 0) is 16.6 Å². The number of fused-ring (bicyclic) bond motifs is 4. The van der Waals surface area contributed by atoms with E-state index in [1.807, 2.05) is 11.0 Å². The highest BCUT2D eigenvalue weighted by Gasteiger charge is 2.57. The third-order valence-corrected chi connectivity index (χ3v) is 7.41. The van der Waals surface area contributed by atoms with Gasteiger partial charge in [-0.15, -0.1) is 0 Å². The zero-order valence-corrected chi connectivity index (χ0v) is 17.8. The number of phenols is 1. The van der Waals surface area contributed by atoms with Crippen LogP contribution in [0.1, 0.15) is 55.6 Å². The summed E-state index contributed by atoms with van der Waals surface area (Å²) >= 11 is 0. The number of amides is 2. The van der Waals surface area contributed by atoms with E-state index in [0.29, 0.717) is 13.0 Å². The molecule has 158 valence electrons. The van der Waals surface area contributed by atoms with Crippen molar-refractivity contribution in [2.75, 3.05) is 11.9 Å². The first-order valence-electron chi connectivity index (χ1n) is 10.3. The summed E-state index contributed by atoms with van der Waals surface area (Å²) in [6.45, 7) is 8.42. The second-order valence-electron chi connectivity index (χ2n) is 9.20. The molecule has 6 heteroatoms. The second kappa shape index (κ2) is 6.83. The van der Waals surface area contributed by atoms with Crippen LogP contribution in [0.25, 0.3) is 0 Å². The molecule has 2 unspecified atom stereocenters. The van der Waals surface area contributed by atoms with Crippen molar-refractivity contribution in [1.82, 2.24) is 4.90 Å². The fourth-order valence-corrected chi connectivity index (χ4v) is 5.27. The third kappa shape index (κ3) is 2.89. The first-order chi connectivity index (χ1) is 14.1. The van der Waals surface area contributed by atoms with E-state index in [-0.39, 0.29) is 45.7 Å². The SMILES string of the molecule is CC(=O)Nc1ccc(C(=O)N2CCC3(C)c4cccc(O)c4CC2C3(C)C)cc1F. The van der Waals surface area contributed by atoms with Crippen LogP contribution in [0.15, 0.2) is 36.4 Å². The van der Waals surface area contributed by atoms with Crippen molar-refractivity contribution in [3.05, 3.63) is 58.9 Å². The Kier molecular flexibility index (Phi) is 4.64. The first-order valence-corrected chi connectivity index (χ1v) is 10.3. The maximum atomic E-state index is 14.4. The second-order valence-corrected chi connectivity index (χ2v) is 9.20. The Morgan fingerprint density at radius 2 is 1.93 bits per heavy atom. The molecule has 1 aliphatic carbocycles. The van der Waals surface area contributed by atoms with E-state index >= 15 is 0 Å². The minimum atomic E-state index is -0.635. The minimum Gasteiger partial charge on any atom is -0.508 e. The van der Waals surface area contributed by atoms with Crippen LogP contribution in [0, 0.1) is 11.2 Å². The lowest BCUT2D eigenvalue weighted by atomic mass is 9.51. The van der Waals surface area contributed by atoms with Crippen molar-refractivity contribution in [3.63, 3.8) is 0 Å². The standard InChI is InChI=1S/C24H27FN2O3/c1-14(28)26-19-9-8-15(12-18(19)25)22(30)27-11-10-24(4)17-6-5-7-20(29)16(17)13-21(27)23(24,2)3/h5-9,12,21,29H,10-11,13H2,1-4H3,(H,26,28). The molecule has 1 aliphatic heterocycles. The summed E-state index contributed by atoms with van der Waals surface area (Å²) in [4.78, 5) is 26.4. The molecule has 0 aromatic heterocycles. The van der Waals surface area contributed by atoms with Gasteiger partial charge in [0.05, 0.1) is 5.69 Å². The summed E-state index contributed by atoms with van der Waals surface area (Å²) < 4.78 is 14.4. The van der Waals surface area contributed by atoms with Crippen molar-refractivity contribution in [1.29, 1.82) is 0 Å². The maximum absolute atomic E-state index is 14.4. The van der Waals surface area contributed by atoms with Crippen molar-refractivity contribution in [2.45, 2.75) is 52.0 Å². The van der Waals surface area contributed by atoms with Crippen LogP contribution >= 0.6 is 0 Å². The van der Waals surface area contributed by atoms with E-state index in [1.54, 1.807) is 12.1 Å². The normalized spacial score (nSPS) is 24.2. The van der Waals surface area contributed by atoms with Crippen LogP contribution in [-0.4, -0.2) is 34.4 Å². The number of hydrogen-bond donors (Lipinski definition) is 2. The fourth-order valence-electron chi connectivity index (χ4n) is 5.27. The molecular weight excluding hydrogens is 383 g/mol. The van der Waals surface area contributed by atoms with Gasteiger partial charge in [0.1, 0.15) is 11.6 Å². The molecule has 1 fully saturated rings. The van der Waals surface area contributed by atoms with Gasteiger partial charge in [0, 0.05) is 30.5 Å². The number of benzene rings is 2. The third-order valence-electron chi connectivity index (χ3n) is 7.41. The summed E-state index contributed by atoms with van der Waals surface area (Å²) in [7, 11) is 0. The summed E-state index contributed by atoms with van der Waals surface area (Å²) in [5.74, 6) is -0.976. The van der Waals surface area contributed by atoms with Crippen LogP contribution in [0.4, 0.5) is 10.1 Å². The Balaban J connectivity index is 1.71. The predicted molar refractivity (Wildman–Crippen MR) is 113 cm³/mol. The Morgan fingerprint density at radius 3 is 2.60 bits per heavy atom. The van der Waals surface area contributed by atoms with Crippen LogP contribution in [0.2, 0.25) is 0 Å². The molecule has 2 bridgehead atoms. The molecule has 1 saturated heterocycles. The summed E-state index contributed by atoms with van der Waals surface area (Å²) in [6, 6.07) is 9.69. The molecule has 0 saturated carbocycles. The van der Waals surface area contributed by atoms with Gasteiger partial charge in [-0.1, -0.05) is 32.9 Å². The van der Waals surface area contributed by atoms with Gasteiger partial charge in [-0.3, -0.25) is 9.59 Å². The smallest absolute Gasteiger partial charge is 0.254 e. The Hall–Kier alpha value is -2.89. The van der Waals surface area contributed by atoms with Gasteiger partial charge in [0.25, 0.3) is 5.91 Å². The number of nitrogens with zero attached hydrogens (tertiary/aromatic N) is 1. The number of carbonyl (C=O) groups is 2. The average Bonchev–Trinajstić information content (AvgIpc) is 2.66. The Morgan fingerprint density at radius 1 is 1.20 bits per heavy atom. The van der Waals surface area contributed by atoms with Gasteiger partial charge in [-0.25, -0.2) is 4.39 Å². The van der Waals surface area contributed by atoms with E-state index < -0.39 is 5.82 Å². The first kappa shape index (κ1) is 20.4. The number of nitrogens with one attached hydrogen (secondary N) is 1. The highest BCUT2D eigenvalue weighted by atomic mass is 19.1. The minimum absolute atomic E-state index is 0.0575. The largest absolute Gasteiger partial charge is 0.508 e. The summed E-state index contributed by atoms with van der Waals surface area (Å²) in [6.07, 6.45) is 1.31. The molecule has 5 nitrogen and oxygen atoms in total. The van der Waals surface area contributed by atoms with Crippen LogP contribution in [0.3, 0.4) is 0 Å². The molecule has 2 aromatic carbocycles. The summed E-state index contributed by atoms with van der Waals surface area (Å²) in [5.41, 5.74) is 1.96. The lowest BCUT2D eigenvalue weighted by Crippen LogP contribution is -2.64. The number of halogens is 1. The maximum Gasteiger partial charge on any atom is 0.254 e. The van der Waals surface area contributed by atoms with E-state index in [9.17, 15) is 19.1 Å². The van der Waals surface area contributed by atoms with Crippen molar-refractivity contribution < 1.29 is 19.1 Å². The molecule has 2 amide bonds. The van der Waals surface area contributed by atoms with Crippen LogP contribution < -0.4 is 5.32 Å². The van der Waals surface area contributed by atoms with Gasteiger partial charge in [-0.2, -0.15) is 0 Å². The molecule has 30 heavy (non-hydrogen) atoms. The molecule has 2 N–H and O–H groups in total. The zero-order valence-electron chi connectivity index (χ0n) is 17.8. The van der Waals surface area contributed by atoms with E-state index in [1.165, 1.54) is 19.1 Å². The number of aromatic hydroxyl groups is 1. The Labute approximate surface area is 175 Å². The molecule has 0 spiro atoms. The van der Waals surface area contributed by atoms with E-state index in [0.717, 1.165) is 17.5 Å². The van der Waals surface area contributed by atoms with Gasteiger partial charge < -0.3 is 15.3 Å². The topological polar surface area (TPSA) is 69.6 Å². The summed E-state index contributed by atoms with van der Waals surface area (Å²) in [5, 5.41) is 12.9.